The maximum Gasteiger partial charge on any atom is 0.221 e. The van der Waals surface area contributed by atoms with Crippen molar-refractivity contribution in [3.8, 4) is 0 Å². The Hall–Kier alpha value is -0.610. The molecule has 0 radical (unpaired) electrons. The van der Waals surface area contributed by atoms with Gasteiger partial charge in [0.2, 0.25) is 5.91 Å². The van der Waals surface area contributed by atoms with Gasteiger partial charge in [0.05, 0.1) is 0 Å². The van der Waals surface area contributed by atoms with E-state index in [0.717, 1.165) is 19.6 Å². The lowest BCUT2D eigenvalue weighted by atomic mass is 10.2. The number of hydrogen-bond acceptors (Lipinski definition) is 3. The molecule has 68 valence electrons. The quantitative estimate of drug-likeness (QED) is 0.488. The van der Waals surface area contributed by atoms with Crippen molar-refractivity contribution in [2.24, 2.45) is 0 Å². The molecule has 4 heteroatoms. The minimum atomic E-state index is 0.179. The summed E-state index contributed by atoms with van der Waals surface area (Å²) in [4.78, 5) is 10.9. The molecule has 2 aliphatic heterocycles. The fourth-order valence-electron chi connectivity index (χ4n) is 1.85. The molecule has 0 aromatic carbocycles. The van der Waals surface area contributed by atoms with E-state index in [9.17, 15) is 4.79 Å². The van der Waals surface area contributed by atoms with Crippen LogP contribution >= 0.6 is 0 Å². The van der Waals surface area contributed by atoms with Crippen molar-refractivity contribution >= 4 is 5.91 Å². The highest BCUT2D eigenvalue weighted by molar-refractivity contribution is 5.78. The first-order chi connectivity index (χ1) is 5.84. The van der Waals surface area contributed by atoms with Crippen molar-refractivity contribution in [3.05, 3.63) is 0 Å². The summed E-state index contributed by atoms with van der Waals surface area (Å²) in [6.45, 7) is 2.95. The largest absolute Gasteiger partial charge is 0.354 e. The zero-order valence-corrected chi connectivity index (χ0v) is 7.10. The summed E-state index contributed by atoms with van der Waals surface area (Å²) in [6.07, 6.45) is 1.83. The molecule has 0 aliphatic carbocycles. The number of carbonyl (C=O) groups is 1. The van der Waals surface area contributed by atoms with Gasteiger partial charge in [0.1, 0.15) is 0 Å². The topological polar surface area (TPSA) is 53.2 Å². The molecule has 1 amide bonds. The molecule has 12 heavy (non-hydrogen) atoms. The molecule has 2 aliphatic rings. The van der Waals surface area contributed by atoms with Gasteiger partial charge in [-0.1, -0.05) is 0 Å². The van der Waals surface area contributed by atoms with E-state index in [-0.39, 0.29) is 5.91 Å². The van der Waals surface area contributed by atoms with Crippen molar-refractivity contribution in [2.75, 3.05) is 19.6 Å². The highest BCUT2D eigenvalue weighted by atomic mass is 16.1. The Balaban J connectivity index is 1.75. The van der Waals surface area contributed by atoms with Gasteiger partial charge in [-0.3, -0.25) is 4.79 Å². The van der Waals surface area contributed by atoms with Crippen LogP contribution in [0.1, 0.15) is 12.8 Å². The van der Waals surface area contributed by atoms with Gasteiger partial charge < -0.3 is 16.0 Å². The van der Waals surface area contributed by atoms with E-state index in [1.807, 2.05) is 0 Å². The lowest BCUT2D eigenvalue weighted by Crippen LogP contribution is -2.40. The van der Waals surface area contributed by atoms with E-state index in [1.54, 1.807) is 0 Å². The highest BCUT2D eigenvalue weighted by Crippen LogP contribution is 2.04. The second kappa shape index (κ2) is 3.41. The number of carbonyl (C=O) groups excluding carboxylic acids is 1. The first-order valence-corrected chi connectivity index (χ1v) is 4.58. The highest BCUT2D eigenvalue weighted by Gasteiger charge is 2.24. The molecule has 0 aromatic rings. The first-order valence-electron chi connectivity index (χ1n) is 4.58. The average molecular weight is 169 g/mol. The lowest BCUT2D eigenvalue weighted by Gasteiger charge is -2.15. The molecule has 0 saturated carbocycles. The zero-order valence-electron chi connectivity index (χ0n) is 7.10. The Kier molecular flexibility index (Phi) is 2.28. The summed E-state index contributed by atoms with van der Waals surface area (Å²) < 4.78 is 0. The van der Waals surface area contributed by atoms with E-state index in [1.165, 1.54) is 6.42 Å². The van der Waals surface area contributed by atoms with Crippen molar-refractivity contribution in [1.82, 2.24) is 16.0 Å². The third-order valence-electron chi connectivity index (χ3n) is 2.51. The van der Waals surface area contributed by atoms with Gasteiger partial charge in [-0.2, -0.15) is 0 Å². The number of amides is 1. The summed E-state index contributed by atoms with van der Waals surface area (Å²) in [5.41, 5.74) is 0. The smallest absolute Gasteiger partial charge is 0.221 e. The van der Waals surface area contributed by atoms with E-state index >= 15 is 0 Å². The van der Waals surface area contributed by atoms with Crippen LogP contribution in [0.4, 0.5) is 0 Å². The van der Waals surface area contributed by atoms with Crippen LogP contribution in [0.25, 0.3) is 0 Å². The van der Waals surface area contributed by atoms with E-state index in [2.05, 4.69) is 16.0 Å². The van der Waals surface area contributed by atoms with E-state index in [0.29, 0.717) is 18.5 Å². The van der Waals surface area contributed by atoms with Gasteiger partial charge in [-0.15, -0.1) is 0 Å². The summed E-state index contributed by atoms with van der Waals surface area (Å²) in [5.74, 6) is 0.179. The summed E-state index contributed by atoms with van der Waals surface area (Å²) in [6, 6.07) is 0.935. The third-order valence-corrected chi connectivity index (χ3v) is 2.51. The molecule has 3 N–H and O–H groups in total. The molecule has 2 unspecified atom stereocenters. The standard InChI is InChI=1S/C8H15N3O/c12-8-3-7(5-10-8)11-6-1-2-9-4-6/h6-7,9,11H,1-5H2,(H,10,12). The molecule has 2 saturated heterocycles. The van der Waals surface area contributed by atoms with Gasteiger partial charge in [-0.05, 0) is 13.0 Å². The van der Waals surface area contributed by atoms with Gasteiger partial charge in [0.25, 0.3) is 0 Å². The fraction of sp³-hybridized carbons (Fsp3) is 0.875. The molecule has 0 aromatic heterocycles. The molecular formula is C8H15N3O. The molecule has 0 bridgehead atoms. The summed E-state index contributed by atoms with van der Waals surface area (Å²) in [5, 5.41) is 9.57. The summed E-state index contributed by atoms with van der Waals surface area (Å²) in [7, 11) is 0. The Morgan fingerprint density at radius 1 is 1.33 bits per heavy atom. The molecule has 2 fully saturated rings. The Bertz CT molecular complexity index is 177. The fourth-order valence-corrected chi connectivity index (χ4v) is 1.85. The SMILES string of the molecule is O=C1CC(NC2CCNC2)CN1. The number of rotatable bonds is 2. The predicted molar refractivity (Wildman–Crippen MR) is 45.8 cm³/mol. The summed E-state index contributed by atoms with van der Waals surface area (Å²) >= 11 is 0. The van der Waals surface area contributed by atoms with Crippen LogP contribution in [-0.2, 0) is 4.79 Å². The molecule has 2 atom stereocenters. The number of nitrogens with one attached hydrogen (secondary N) is 3. The van der Waals surface area contributed by atoms with E-state index in [4.69, 9.17) is 0 Å². The zero-order chi connectivity index (χ0) is 8.39. The molecule has 0 spiro atoms. The van der Waals surface area contributed by atoms with Crippen LogP contribution in [0.5, 0.6) is 0 Å². The van der Waals surface area contributed by atoms with Crippen LogP contribution in [-0.4, -0.2) is 37.6 Å². The second-order valence-electron chi connectivity index (χ2n) is 3.56. The second-order valence-corrected chi connectivity index (χ2v) is 3.56. The normalized spacial score (nSPS) is 35.5. The van der Waals surface area contributed by atoms with Crippen molar-refractivity contribution < 1.29 is 4.79 Å². The van der Waals surface area contributed by atoms with E-state index < -0.39 is 0 Å². The van der Waals surface area contributed by atoms with Gasteiger partial charge >= 0.3 is 0 Å². The minimum Gasteiger partial charge on any atom is -0.354 e. The van der Waals surface area contributed by atoms with Crippen LogP contribution in [0, 0.1) is 0 Å². The van der Waals surface area contributed by atoms with Crippen molar-refractivity contribution in [2.45, 2.75) is 24.9 Å². The Labute approximate surface area is 72.1 Å². The van der Waals surface area contributed by atoms with Crippen LogP contribution in [0.2, 0.25) is 0 Å². The lowest BCUT2D eigenvalue weighted by molar-refractivity contribution is -0.119. The monoisotopic (exact) mass is 169 g/mol. The molecular weight excluding hydrogens is 154 g/mol. The molecule has 4 nitrogen and oxygen atoms in total. The average Bonchev–Trinajstić information content (AvgIpc) is 2.63. The Morgan fingerprint density at radius 3 is 2.83 bits per heavy atom. The predicted octanol–water partition coefficient (Wildman–Crippen LogP) is -1.17. The molecule has 2 heterocycles. The first kappa shape index (κ1) is 8.01. The van der Waals surface area contributed by atoms with Crippen LogP contribution < -0.4 is 16.0 Å². The van der Waals surface area contributed by atoms with Crippen molar-refractivity contribution in [3.63, 3.8) is 0 Å². The van der Waals surface area contributed by atoms with Gasteiger partial charge in [0.15, 0.2) is 0 Å². The van der Waals surface area contributed by atoms with Gasteiger partial charge in [0, 0.05) is 31.6 Å². The molecule has 2 rings (SSSR count). The maximum atomic E-state index is 10.9. The Morgan fingerprint density at radius 2 is 2.25 bits per heavy atom. The minimum absolute atomic E-state index is 0.179. The van der Waals surface area contributed by atoms with Crippen molar-refractivity contribution in [1.29, 1.82) is 0 Å². The van der Waals surface area contributed by atoms with Gasteiger partial charge in [-0.25, -0.2) is 0 Å². The third kappa shape index (κ3) is 1.76. The number of hydrogen-bond donors (Lipinski definition) is 3. The van der Waals surface area contributed by atoms with Crippen LogP contribution in [0.15, 0.2) is 0 Å². The van der Waals surface area contributed by atoms with Crippen LogP contribution in [0.3, 0.4) is 0 Å². The maximum absolute atomic E-state index is 10.9.